The van der Waals surface area contributed by atoms with E-state index in [4.69, 9.17) is 10.3 Å². The number of hydrogen-bond donors (Lipinski definition) is 1. The summed E-state index contributed by atoms with van der Waals surface area (Å²) in [6.07, 6.45) is 6.31. The van der Waals surface area contributed by atoms with E-state index in [0.29, 0.717) is 11.7 Å². The highest BCUT2D eigenvalue weighted by Crippen LogP contribution is 2.34. The van der Waals surface area contributed by atoms with Gasteiger partial charge in [-0.05, 0) is 12.8 Å². The third-order valence-corrected chi connectivity index (χ3v) is 3.54. The highest BCUT2D eigenvalue weighted by atomic mass is 35.5. The zero-order valence-corrected chi connectivity index (χ0v) is 12.0. The molecule has 21 heavy (non-hydrogen) atoms. The summed E-state index contributed by atoms with van der Waals surface area (Å²) in [7, 11) is 0. The zero-order valence-electron chi connectivity index (χ0n) is 11.1. The van der Waals surface area contributed by atoms with E-state index in [1.165, 1.54) is 17.1 Å². The van der Waals surface area contributed by atoms with Gasteiger partial charge < -0.3 is 10.3 Å². The van der Waals surface area contributed by atoms with Crippen LogP contribution in [-0.2, 0) is 12.1 Å². The van der Waals surface area contributed by atoms with Crippen molar-refractivity contribution < 1.29 is 9.45 Å². The summed E-state index contributed by atoms with van der Waals surface area (Å²) in [5.74, 6) is 0.848. The molecule has 9 nitrogen and oxygen atoms in total. The van der Waals surface area contributed by atoms with Gasteiger partial charge in [0.15, 0.2) is 5.82 Å². The lowest BCUT2D eigenvalue weighted by Crippen LogP contribution is -2.34. The molecule has 0 unspecified atom stereocenters. The Morgan fingerprint density at radius 3 is 2.81 bits per heavy atom. The molecule has 114 valence electrons. The quantitative estimate of drug-likeness (QED) is 0.667. The molecule has 0 radical (unpaired) electrons. The Labute approximate surface area is 126 Å². The van der Waals surface area contributed by atoms with E-state index >= 15 is 0 Å². The van der Waals surface area contributed by atoms with Crippen LogP contribution in [0.15, 0.2) is 16.9 Å². The number of halogens is 1. The molecule has 0 amide bonds. The van der Waals surface area contributed by atoms with E-state index in [0.717, 1.165) is 25.7 Å². The Balaban J connectivity index is 0.00000161. The fourth-order valence-electron chi connectivity index (χ4n) is 2.42. The first kappa shape index (κ1) is 15.4. The number of nitro groups is 1. The number of rotatable bonds is 4. The maximum Gasteiger partial charge on any atom is 0.307 e. The molecule has 10 heteroatoms. The van der Waals surface area contributed by atoms with Crippen molar-refractivity contribution in [3.63, 3.8) is 0 Å². The molecule has 0 saturated heterocycles. The zero-order chi connectivity index (χ0) is 14.2. The van der Waals surface area contributed by atoms with Crippen molar-refractivity contribution in [2.75, 3.05) is 0 Å². The molecule has 2 heterocycles. The summed E-state index contributed by atoms with van der Waals surface area (Å²) < 4.78 is 6.53. The molecule has 3 rings (SSSR count). The predicted octanol–water partition coefficient (Wildman–Crippen LogP) is 1.37. The van der Waals surface area contributed by atoms with E-state index in [2.05, 4.69) is 15.2 Å². The molecule has 0 atom stereocenters. The number of nitrogens with two attached hydrogens (primary N) is 1. The largest absolute Gasteiger partial charge is 0.337 e. The SMILES string of the molecule is Cl.NC1(c2noc(Cn3cc([N+](=O)[O-])cn3)n2)CCCC1. The molecule has 2 N–H and O–H groups in total. The summed E-state index contributed by atoms with van der Waals surface area (Å²) in [5.41, 5.74) is 5.66. The minimum absolute atomic E-state index is 0. The van der Waals surface area contributed by atoms with Crippen molar-refractivity contribution >= 4 is 18.1 Å². The van der Waals surface area contributed by atoms with Crippen LogP contribution in [0, 0.1) is 10.1 Å². The maximum atomic E-state index is 10.6. The summed E-state index contributed by atoms with van der Waals surface area (Å²) in [5, 5.41) is 18.4. The lowest BCUT2D eigenvalue weighted by atomic mass is 9.99. The van der Waals surface area contributed by atoms with Gasteiger partial charge in [0.05, 0.1) is 10.5 Å². The first-order valence-electron chi connectivity index (χ1n) is 6.36. The highest BCUT2D eigenvalue weighted by Gasteiger charge is 2.35. The van der Waals surface area contributed by atoms with E-state index in [1.54, 1.807) is 0 Å². The van der Waals surface area contributed by atoms with Gasteiger partial charge in [-0.2, -0.15) is 10.1 Å². The Bertz CT molecular complexity index is 633. The van der Waals surface area contributed by atoms with Gasteiger partial charge in [0, 0.05) is 0 Å². The van der Waals surface area contributed by atoms with Gasteiger partial charge in [0.1, 0.15) is 18.9 Å². The normalized spacial score (nSPS) is 16.6. The number of aromatic nitrogens is 4. The molecular formula is C11H15ClN6O3. The third kappa shape index (κ3) is 3.03. The van der Waals surface area contributed by atoms with Crippen LogP contribution in [-0.4, -0.2) is 24.8 Å². The van der Waals surface area contributed by atoms with Crippen LogP contribution < -0.4 is 5.73 Å². The predicted molar refractivity (Wildman–Crippen MR) is 73.9 cm³/mol. The third-order valence-electron chi connectivity index (χ3n) is 3.54. The van der Waals surface area contributed by atoms with Crippen molar-refractivity contribution in [1.29, 1.82) is 0 Å². The van der Waals surface area contributed by atoms with Gasteiger partial charge >= 0.3 is 5.69 Å². The second-order valence-corrected chi connectivity index (χ2v) is 5.03. The molecule has 0 bridgehead atoms. The molecule has 1 aliphatic carbocycles. The molecule has 0 spiro atoms. The van der Waals surface area contributed by atoms with E-state index in [-0.39, 0.29) is 24.6 Å². The Kier molecular flexibility index (Phi) is 4.24. The minimum atomic E-state index is -0.504. The van der Waals surface area contributed by atoms with Crippen molar-refractivity contribution in [1.82, 2.24) is 19.9 Å². The van der Waals surface area contributed by atoms with Crippen molar-refractivity contribution in [2.45, 2.75) is 37.8 Å². The number of hydrogen-bond acceptors (Lipinski definition) is 7. The molecule has 0 aliphatic heterocycles. The Hall–Kier alpha value is -2.00. The molecule has 1 aliphatic rings. The van der Waals surface area contributed by atoms with Gasteiger partial charge in [0.25, 0.3) is 0 Å². The van der Waals surface area contributed by atoms with E-state index in [9.17, 15) is 10.1 Å². The molecule has 1 saturated carbocycles. The summed E-state index contributed by atoms with van der Waals surface area (Å²) in [6, 6.07) is 0. The molecular weight excluding hydrogens is 300 g/mol. The topological polar surface area (TPSA) is 126 Å². The van der Waals surface area contributed by atoms with Crippen molar-refractivity contribution in [3.8, 4) is 0 Å². The van der Waals surface area contributed by atoms with E-state index < -0.39 is 10.5 Å². The van der Waals surface area contributed by atoms with Gasteiger partial charge in [-0.25, -0.2) is 0 Å². The first-order valence-corrected chi connectivity index (χ1v) is 6.36. The monoisotopic (exact) mass is 314 g/mol. The fraction of sp³-hybridized carbons (Fsp3) is 0.545. The molecule has 1 fully saturated rings. The summed E-state index contributed by atoms with van der Waals surface area (Å²) in [4.78, 5) is 14.3. The van der Waals surface area contributed by atoms with Crippen molar-refractivity contribution in [3.05, 3.63) is 34.2 Å². The number of nitrogens with zero attached hydrogens (tertiary/aromatic N) is 5. The fourth-order valence-corrected chi connectivity index (χ4v) is 2.42. The molecule has 0 aromatic carbocycles. The van der Waals surface area contributed by atoms with Crippen LogP contribution in [0.1, 0.15) is 37.4 Å². The summed E-state index contributed by atoms with van der Waals surface area (Å²) >= 11 is 0. The van der Waals surface area contributed by atoms with Crippen LogP contribution in [0.4, 0.5) is 5.69 Å². The lowest BCUT2D eigenvalue weighted by molar-refractivity contribution is -0.385. The van der Waals surface area contributed by atoms with E-state index in [1.807, 2.05) is 0 Å². The van der Waals surface area contributed by atoms with Crippen LogP contribution >= 0.6 is 12.4 Å². The average Bonchev–Trinajstić information content (AvgIpc) is 3.10. The standard InChI is InChI=1S/C11H14N6O3.ClH/c12-11(3-1-2-4-11)10-14-9(20-15-10)7-16-6-8(5-13-16)17(18)19;/h5-6H,1-4,7,12H2;1H. The highest BCUT2D eigenvalue weighted by molar-refractivity contribution is 5.85. The summed E-state index contributed by atoms with van der Waals surface area (Å²) in [6.45, 7) is 0.191. The maximum absolute atomic E-state index is 10.6. The Morgan fingerprint density at radius 2 is 2.19 bits per heavy atom. The Morgan fingerprint density at radius 1 is 1.48 bits per heavy atom. The lowest BCUT2D eigenvalue weighted by Gasteiger charge is -2.17. The smallest absolute Gasteiger partial charge is 0.307 e. The van der Waals surface area contributed by atoms with Crippen molar-refractivity contribution in [2.24, 2.45) is 5.73 Å². The van der Waals surface area contributed by atoms with Crippen LogP contribution in [0.25, 0.3) is 0 Å². The molecule has 2 aromatic heterocycles. The second-order valence-electron chi connectivity index (χ2n) is 5.03. The van der Waals surface area contributed by atoms with Crippen LogP contribution in [0.2, 0.25) is 0 Å². The minimum Gasteiger partial charge on any atom is -0.337 e. The van der Waals surface area contributed by atoms with Crippen LogP contribution in [0.3, 0.4) is 0 Å². The molecule has 2 aromatic rings. The van der Waals surface area contributed by atoms with Gasteiger partial charge in [0.2, 0.25) is 5.89 Å². The average molecular weight is 315 g/mol. The van der Waals surface area contributed by atoms with Gasteiger partial charge in [-0.3, -0.25) is 14.8 Å². The van der Waals surface area contributed by atoms with Gasteiger partial charge in [-0.1, -0.05) is 18.0 Å². The first-order chi connectivity index (χ1) is 9.57. The van der Waals surface area contributed by atoms with Gasteiger partial charge in [-0.15, -0.1) is 12.4 Å². The van der Waals surface area contributed by atoms with Crippen LogP contribution in [0.5, 0.6) is 0 Å². The second kappa shape index (κ2) is 5.78.